The number of amides is 2. The Labute approximate surface area is 180 Å². The molecule has 3 N–H and O–H groups in total. The number of nitrogen functional groups attached to an aromatic ring is 1. The van der Waals surface area contributed by atoms with Crippen LogP contribution in [0.3, 0.4) is 0 Å². The van der Waals surface area contributed by atoms with Crippen molar-refractivity contribution in [3.63, 3.8) is 0 Å². The zero-order valence-electron chi connectivity index (χ0n) is 17.6. The van der Waals surface area contributed by atoms with Crippen LogP contribution in [0.2, 0.25) is 0 Å². The molecule has 1 aromatic heterocycles. The number of unbranched alkanes of at least 4 members (excludes halogenated alkanes) is 2. The average molecular weight is 447 g/mol. The van der Waals surface area contributed by atoms with Crippen LogP contribution >= 0.6 is 0 Å². The molecule has 3 rings (SSSR count). The van der Waals surface area contributed by atoms with Gasteiger partial charge in [-0.2, -0.15) is 4.31 Å². The summed E-state index contributed by atoms with van der Waals surface area (Å²) in [4.78, 5) is 36.5. The molecular formula is C21H26N4O5S. The maximum atomic E-state index is 13.1. The topological polar surface area (TPSA) is 132 Å². The Balaban J connectivity index is 1.99. The third-order valence-corrected chi connectivity index (χ3v) is 7.12. The molecule has 2 aromatic rings. The molecule has 0 bridgehead atoms. The Hall–Kier alpha value is -2.98. The molecule has 0 saturated carbocycles. The predicted molar refractivity (Wildman–Crippen MR) is 117 cm³/mol. The fourth-order valence-corrected chi connectivity index (χ4v) is 5.00. The monoisotopic (exact) mass is 446 g/mol. The normalized spacial score (nSPS) is 13.5. The molecule has 1 aliphatic heterocycles. The van der Waals surface area contributed by atoms with E-state index in [1.165, 1.54) is 28.6 Å². The minimum atomic E-state index is -3.68. The Bertz CT molecular complexity index is 1160. The van der Waals surface area contributed by atoms with Gasteiger partial charge in [-0.1, -0.05) is 26.7 Å². The summed E-state index contributed by atoms with van der Waals surface area (Å²) in [5.74, 6) is -1.52. The van der Waals surface area contributed by atoms with Gasteiger partial charge in [0.25, 0.3) is 17.4 Å². The SMILES string of the molecule is CCCCN(CCCC)S(=O)(=O)c1ccc(-n2c(N)c3c(cc2=O)C(=O)NC3=O)cc1. The summed E-state index contributed by atoms with van der Waals surface area (Å²) in [5, 5.41) is 2.11. The number of pyridine rings is 1. The Morgan fingerprint density at radius 2 is 1.55 bits per heavy atom. The van der Waals surface area contributed by atoms with Crippen molar-refractivity contribution in [2.24, 2.45) is 0 Å². The van der Waals surface area contributed by atoms with E-state index in [1.54, 1.807) is 0 Å². The summed E-state index contributed by atoms with van der Waals surface area (Å²) in [7, 11) is -3.68. The molecule has 0 atom stereocenters. The van der Waals surface area contributed by atoms with Crippen LogP contribution < -0.4 is 16.6 Å². The van der Waals surface area contributed by atoms with Crippen molar-refractivity contribution in [1.82, 2.24) is 14.2 Å². The average Bonchev–Trinajstić information content (AvgIpc) is 3.01. The van der Waals surface area contributed by atoms with Gasteiger partial charge in [0.2, 0.25) is 10.0 Å². The number of rotatable bonds is 9. The number of imide groups is 1. The molecule has 0 unspecified atom stereocenters. The molecule has 0 radical (unpaired) electrons. The van der Waals surface area contributed by atoms with Gasteiger partial charge in [0, 0.05) is 19.2 Å². The summed E-state index contributed by atoms with van der Waals surface area (Å²) in [5.41, 5.74) is 5.60. The van der Waals surface area contributed by atoms with Gasteiger partial charge in [0.1, 0.15) is 5.82 Å². The summed E-state index contributed by atoms with van der Waals surface area (Å²) < 4.78 is 28.8. The van der Waals surface area contributed by atoms with Crippen LogP contribution in [0.5, 0.6) is 0 Å². The Morgan fingerprint density at radius 1 is 0.968 bits per heavy atom. The standard InChI is InChI=1S/C21H26N4O5S/c1-3-5-11-24(12-6-4-2)31(29,30)15-9-7-14(8-10-15)25-17(26)13-16-18(19(25)22)21(28)23-20(16)27/h7-10,13H,3-6,11-12,22H2,1-2H3,(H,23,27,28). The van der Waals surface area contributed by atoms with Crippen molar-refractivity contribution < 1.29 is 18.0 Å². The van der Waals surface area contributed by atoms with Gasteiger partial charge in [0.05, 0.1) is 21.7 Å². The number of nitrogens with one attached hydrogen (secondary N) is 1. The molecule has 2 amide bonds. The molecule has 1 aliphatic rings. The molecule has 0 spiro atoms. The van der Waals surface area contributed by atoms with E-state index in [2.05, 4.69) is 5.32 Å². The van der Waals surface area contributed by atoms with Crippen LogP contribution in [0.15, 0.2) is 40.0 Å². The number of hydrogen-bond donors (Lipinski definition) is 2. The zero-order chi connectivity index (χ0) is 22.8. The summed E-state index contributed by atoms with van der Waals surface area (Å²) in [6.45, 7) is 4.90. The second-order valence-electron chi connectivity index (χ2n) is 7.38. The Kier molecular flexibility index (Phi) is 6.61. The van der Waals surface area contributed by atoms with Gasteiger partial charge in [-0.05, 0) is 37.1 Å². The van der Waals surface area contributed by atoms with E-state index in [-0.39, 0.29) is 21.8 Å². The van der Waals surface area contributed by atoms with Crippen molar-refractivity contribution in [2.75, 3.05) is 18.8 Å². The first kappa shape index (κ1) is 22.7. The number of aromatic nitrogens is 1. The van der Waals surface area contributed by atoms with E-state index in [9.17, 15) is 22.8 Å². The number of nitrogens with zero attached hydrogens (tertiary/aromatic N) is 2. The summed E-state index contributed by atoms with van der Waals surface area (Å²) in [6.07, 6.45) is 3.30. The van der Waals surface area contributed by atoms with Crippen LogP contribution in [0.4, 0.5) is 5.82 Å². The third kappa shape index (κ3) is 4.26. The first-order valence-electron chi connectivity index (χ1n) is 10.2. The number of carbonyl (C=O) groups is 2. The molecule has 0 saturated heterocycles. The number of sulfonamides is 1. The van der Waals surface area contributed by atoms with E-state index < -0.39 is 27.4 Å². The summed E-state index contributed by atoms with van der Waals surface area (Å²) in [6, 6.07) is 6.81. The molecule has 10 heteroatoms. The zero-order valence-corrected chi connectivity index (χ0v) is 18.4. The maximum absolute atomic E-state index is 13.1. The fourth-order valence-electron chi connectivity index (χ4n) is 3.48. The van der Waals surface area contributed by atoms with E-state index in [0.29, 0.717) is 18.8 Å². The van der Waals surface area contributed by atoms with Crippen LogP contribution in [0, 0.1) is 0 Å². The molecule has 0 fully saturated rings. The predicted octanol–water partition coefficient (Wildman–Crippen LogP) is 1.89. The molecule has 1 aromatic carbocycles. The highest BCUT2D eigenvalue weighted by Gasteiger charge is 2.32. The maximum Gasteiger partial charge on any atom is 0.262 e. The number of hydrogen-bond acceptors (Lipinski definition) is 6. The smallest absolute Gasteiger partial charge is 0.262 e. The number of fused-ring (bicyclic) bond motifs is 1. The molecular weight excluding hydrogens is 420 g/mol. The molecule has 2 heterocycles. The quantitative estimate of drug-likeness (QED) is 0.566. The van der Waals surface area contributed by atoms with Gasteiger partial charge >= 0.3 is 0 Å². The highest BCUT2D eigenvalue weighted by atomic mass is 32.2. The molecule has 31 heavy (non-hydrogen) atoms. The van der Waals surface area contributed by atoms with Crippen LogP contribution in [0.1, 0.15) is 60.2 Å². The summed E-state index contributed by atoms with van der Waals surface area (Å²) >= 11 is 0. The Morgan fingerprint density at radius 3 is 2.10 bits per heavy atom. The van der Waals surface area contributed by atoms with Gasteiger partial charge in [-0.15, -0.1) is 0 Å². The minimum Gasteiger partial charge on any atom is -0.384 e. The van der Waals surface area contributed by atoms with Crippen LogP contribution in [-0.2, 0) is 10.0 Å². The van der Waals surface area contributed by atoms with Crippen LogP contribution in [0.25, 0.3) is 5.69 Å². The van der Waals surface area contributed by atoms with Crippen LogP contribution in [-0.4, -0.2) is 42.2 Å². The number of benzene rings is 1. The van der Waals surface area contributed by atoms with Gasteiger partial charge in [-0.25, -0.2) is 8.42 Å². The highest BCUT2D eigenvalue weighted by molar-refractivity contribution is 7.89. The number of nitrogens with two attached hydrogens (primary N) is 1. The fraction of sp³-hybridized carbons (Fsp3) is 0.381. The second kappa shape index (κ2) is 9.03. The molecule has 0 aliphatic carbocycles. The van der Waals surface area contributed by atoms with E-state index in [1.807, 2.05) is 13.8 Å². The first-order chi connectivity index (χ1) is 14.7. The third-order valence-electron chi connectivity index (χ3n) is 5.21. The van der Waals surface area contributed by atoms with Crippen molar-refractivity contribution in [3.05, 3.63) is 51.8 Å². The van der Waals surface area contributed by atoms with Crippen molar-refractivity contribution in [1.29, 1.82) is 0 Å². The van der Waals surface area contributed by atoms with Crippen molar-refractivity contribution in [3.8, 4) is 5.69 Å². The minimum absolute atomic E-state index is 0.0633. The second-order valence-corrected chi connectivity index (χ2v) is 9.32. The van der Waals surface area contributed by atoms with E-state index in [4.69, 9.17) is 5.73 Å². The largest absolute Gasteiger partial charge is 0.384 e. The lowest BCUT2D eigenvalue weighted by molar-refractivity contribution is 0.0880. The van der Waals surface area contributed by atoms with E-state index in [0.717, 1.165) is 36.3 Å². The number of anilines is 1. The van der Waals surface area contributed by atoms with Crippen molar-refractivity contribution in [2.45, 2.75) is 44.4 Å². The highest BCUT2D eigenvalue weighted by Crippen LogP contribution is 2.24. The van der Waals surface area contributed by atoms with E-state index >= 15 is 0 Å². The molecule has 9 nitrogen and oxygen atoms in total. The van der Waals surface area contributed by atoms with Gasteiger partial charge in [0.15, 0.2) is 0 Å². The lowest BCUT2D eigenvalue weighted by Crippen LogP contribution is -2.33. The van der Waals surface area contributed by atoms with Crippen molar-refractivity contribution >= 4 is 27.7 Å². The number of carbonyl (C=O) groups excluding carboxylic acids is 2. The molecule has 166 valence electrons. The van der Waals surface area contributed by atoms with Gasteiger partial charge in [-0.3, -0.25) is 24.3 Å². The first-order valence-corrected chi connectivity index (χ1v) is 11.7. The lowest BCUT2D eigenvalue weighted by Gasteiger charge is -2.22. The lowest BCUT2D eigenvalue weighted by atomic mass is 10.1. The van der Waals surface area contributed by atoms with Gasteiger partial charge < -0.3 is 5.73 Å².